The number of nitrogens with zero attached hydrogens (tertiary/aromatic N) is 3. The molecule has 1 aromatic carbocycles. The van der Waals surface area contributed by atoms with E-state index in [1.165, 1.54) is 24.3 Å². The summed E-state index contributed by atoms with van der Waals surface area (Å²) in [6, 6.07) is 5.66. The molecule has 1 aromatic heterocycles. The Morgan fingerprint density at radius 1 is 1.31 bits per heavy atom. The molecule has 158 valence electrons. The fraction of sp³-hybridized carbons (Fsp3) is 0.333. The third-order valence-corrected chi connectivity index (χ3v) is 4.82. The maximum absolute atomic E-state index is 12.2. The lowest BCUT2D eigenvalue weighted by atomic mass is 10.2. The molecule has 2 aromatic rings. The average Bonchev–Trinajstić information content (AvgIpc) is 3.01. The van der Waals surface area contributed by atoms with Crippen LogP contribution < -0.4 is 5.32 Å². The third-order valence-electron chi connectivity index (χ3n) is 3.54. The van der Waals surface area contributed by atoms with Gasteiger partial charge in [-0.25, -0.2) is 4.98 Å². The van der Waals surface area contributed by atoms with Gasteiger partial charge in [0.25, 0.3) is 16.0 Å². The van der Waals surface area contributed by atoms with E-state index in [0.717, 1.165) is 11.8 Å². The molecule has 0 aliphatic rings. The first-order valence-corrected chi connectivity index (χ1v) is 9.28. The van der Waals surface area contributed by atoms with Gasteiger partial charge in [-0.2, -0.15) is 26.2 Å². The summed E-state index contributed by atoms with van der Waals surface area (Å²) in [5, 5.41) is 12.6. The van der Waals surface area contributed by atoms with Crippen LogP contribution in [0.4, 0.5) is 19.0 Å². The first-order chi connectivity index (χ1) is 13.4. The normalized spacial score (nSPS) is 12.0. The van der Waals surface area contributed by atoms with Crippen LogP contribution >= 0.6 is 0 Å². The molecule has 1 heterocycles. The minimum absolute atomic E-state index is 0.168. The molecule has 1 N–H and O–H groups in total. The molecule has 0 aliphatic carbocycles. The van der Waals surface area contributed by atoms with Crippen LogP contribution in [0.25, 0.3) is 0 Å². The quantitative estimate of drug-likeness (QED) is 0.378. The SMILES string of the molecule is Cc1ccc(S(=O)(=O)OCc2ncc([N+](=O)[O-])n2CC(=O)NCC(F)(F)F)cc1. The van der Waals surface area contributed by atoms with Gasteiger partial charge in [0.1, 0.15) is 19.3 Å². The number of hydrogen-bond acceptors (Lipinski definition) is 7. The predicted octanol–water partition coefficient (Wildman–Crippen LogP) is 1.68. The number of carbonyl (C=O) groups excluding carboxylic acids is 1. The highest BCUT2D eigenvalue weighted by Gasteiger charge is 2.30. The van der Waals surface area contributed by atoms with Crippen LogP contribution in [0.3, 0.4) is 0 Å². The molecule has 0 unspecified atom stereocenters. The number of aromatic nitrogens is 2. The van der Waals surface area contributed by atoms with Crippen LogP contribution in [0, 0.1) is 17.0 Å². The number of halogens is 3. The molecular weight excluding hydrogens is 421 g/mol. The summed E-state index contributed by atoms with van der Waals surface area (Å²) in [7, 11) is -4.23. The molecule has 0 saturated heterocycles. The number of imidazole rings is 1. The van der Waals surface area contributed by atoms with Crippen molar-refractivity contribution in [3.63, 3.8) is 0 Å². The first kappa shape index (κ1) is 22.3. The van der Waals surface area contributed by atoms with Crippen LogP contribution in [0.1, 0.15) is 11.4 Å². The largest absolute Gasteiger partial charge is 0.405 e. The summed E-state index contributed by atoms with van der Waals surface area (Å²) < 4.78 is 66.5. The monoisotopic (exact) mass is 436 g/mol. The van der Waals surface area contributed by atoms with Crippen molar-refractivity contribution < 1.29 is 35.5 Å². The molecule has 2 rings (SSSR count). The number of benzene rings is 1. The lowest BCUT2D eigenvalue weighted by molar-refractivity contribution is -0.392. The molecule has 0 radical (unpaired) electrons. The highest BCUT2D eigenvalue weighted by molar-refractivity contribution is 7.86. The van der Waals surface area contributed by atoms with Crippen LogP contribution in [0.2, 0.25) is 0 Å². The predicted molar refractivity (Wildman–Crippen MR) is 91.1 cm³/mol. The summed E-state index contributed by atoms with van der Waals surface area (Å²) >= 11 is 0. The van der Waals surface area contributed by atoms with Gasteiger partial charge in [0.2, 0.25) is 5.82 Å². The number of rotatable bonds is 8. The summed E-state index contributed by atoms with van der Waals surface area (Å²) in [6.07, 6.45) is -3.92. The lowest BCUT2D eigenvalue weighted by Gasteiger charge is -2.09. The van der Waals surface area contributed by atoms with Gasteiger partial charge in [0.05, 0.1) is 4.90 Å². The van der Waals surface area contributed by atoms with Crippen molar-refractivity contribution in [2.24, 2.45) is 0 Å². The molecule has 1 amide bonds. The van der Waals surface area contributed by atoms with E-state index in [9.17, 15) is 36.5 Å². The van der Waals surface area contributed by atoms with Gasteiger partial charge in [0, 0.05) is 0 Å². The standard InChI is InChI=1S/C15H15F3N4O6S/c1-10-2-4-11(5-3-10)29(26,27)28-8-12-19-6-14(22(24)25)21(12)7-13(23)20-9-15(16,17)18/h2-6H,7-9H2,1H3,(H,20,23). The molecule has 0 atom stereocenters. The van der Waals surface area contributed by atoms with Crippen molar-refractivity contribution in [2.45, 2.75) is 31.1 Å². The number of hydrogen-bond donors (Lipinski definition) is 1. The van der Waals surface area contributed by atoms with Gasteiger partial charge in [-0.1, -0.05) is 17.7 Å². The minimum Gasteiger partial charge on any atom is -0.358 e. The van der Waals surface area contributed by atoms with Crippen molar-refractivity contribution in [1.29, 1.82) is 0 Å². The van der Waals surface area contributed by atoms with E-state index in [1.54, 1.807) is 12.2 Å². The molecule has 10 nitrogen and oxygen atoms in total. The lowest BCUT2D eigenvalue weighted by Crippen LogP contribution is -2.36. The molecule has 0 fully saturated rings. The Morgan fingerprint density at radius 2 is 1.93 bits per heavy atom. The number of amides is 1. The molecule has 0 aliphatic heterocycles. The summed E-state index contributed by atoms with van der Waals surface area (Å²) in [5.74, 6) is -2.21. The summed E-state index contributed by atoms with van der Waals surface area (Å²) in [5.41, 5.74) is 0.806. The molecular formula is C15H15F3N4O6S. The van der Waals surface area contributed by atoms with E-state index >= 15 is 0 Å². The van der Waals surface area contributed by atoms with Crippen LogP contribution in [-0.4, -0.2) is 41.5 Å². The van der Waals surface area contributed by atoms with Gasteiger partial charge in [-0.15, -0.1) is 0 Å². The topological polar surface area (TPSA) is 133 Å². The van der Waals surface area contributed by atoms with Crippen molar-refractivity contribution >= 4 is 21.8 Å². The van der Waals surface area contributed by atoms with Gasteiger partial charge < -0.3 is 15.4 Å². The van der Waals surface area contributed by atoms with Crippen molar-refractivity contribution in [2.75, 3.05) is 6.54 Å². The second-order valence-corrected chi connectivity index (χ2v) is 7.41. The Kier molecular flexibility index (Phi) is 6.58. The number of carbonyl (C=O) groups is 1. The molecule has 0 bridgehead atoms. The fourth-order valence-electron chi connectivity index (χ4n) is 2.14. The maximum Gasteiger partial charge on any atom is 0.405 e. The van der Waals surface area contributed by atoms with E-state index in [0.29, 0.717) is 4.57 Å². The van der Waals surface area contributed by atoms with Crippen molar-refractivity contribution in [3.05, 3.63) is 52.0 Å². The highest BCUT2D eigenvalue weighted by atomic mass is 32.2. The Balaban J connectivity index is 2.17. The van der Waals surface area contributed by atoms with E-state index in [-0.39, 0.29) is 10.7 Å². The van der Waals surface area contributed by atoms with E-state index in [1.807, 2.05) is 0 Å². The Morgan fingerprint density at radius 3 is 2.48 bits per heavy atom. The van der Waals surface area contributed by atoms with Gasteiger partial charge in [-0.05, 0) is 24.0 Å². The summed E-state index contributed by atoms with van der Waals surface area (Å²) in [4.78, 5) is 25.3. The van der Waals surface area contributed by atoms with Crippen LogP contribution in [0.15, 0.2) is 35.4 Å². The maximum atomic E-state index is 12.2. The Bertz CT molecular complexity index is 1000. The zero-order valence-electron chi connectivity index (χ0n) is 14.8. The van der Waals surface area contributed by atoms with Gasteiger partial charge >= 0.3 is 12.0 Å². The number of aryl methyl sites for hydroxylation is 1. The van der Waals surface area contributed by atoms with Crippen molar-refractivity contribution in [1.82, 2.24) is 14.9 Å². The second-order valence-electron chi connectivity index (χ2n) is 5.80. The van der Waals surface area contributed by atoms with Gasteiger partial charge in [-0.3, -0.25) is 8.98 Å². The minimum atomic E-state index is -4.66. The molecule has 0 spiro atoms. The zero-order valence-corrected chi connectivity index (χ0v) is 15.7. The highest BCUT2D eigenvalue weighted by Crippen LogP contribution is 2.19. The third kappa shape index (κ3) is 6.25. The molecule has 14 heteroatoms. The number of alkyl halides is 3. The second kappa shape index (κ2) is 8.57. The van der Waals surface area contributed by atoms with E-state index < -0.39 is 52.6 Å². The smallest absolute Gasteiger partial charge is 0.358 e. The van der Waals surface area contributed by atoms with Crippen LogP contribution in [-0.2, 0) is 32.2 Å². The van der Waals surface area contributed by atoms with Crippen LogP contribution in [0.5, 0.6) is 0 Å². The first-order valence-electron chi connectivity index (χ1n) is 7.87. The fourth-order valence-corrected chi connectivity index (χ4v) is 3.00. The molecule has 29 heavy (non-hydrogen) atoms. The average molecular weight is 436 g/mol. The Labute approximate surface area is 162 Å². The van der Waals surface area contributed by atoms with E-state index in [2.05, 4.69) is 4.98 Å². The number of nitrogens with one attached hydrogen (secondary N) is 1. The van der Waals surface area contributed by atoms with E-state index in [4.69, 9.17) is 4.18 Å². The molecule has 0 saturated carbocycles. The zero-order chi connectivity index (χ0) is 21.8. The van der Waals surface area contributed by atoms with Crippen molar-refractivity contribution in [3.8, 4) is 0 Å². The summed E-state index contributed by atoms with van der Waals surface area (Å²) in [6.45, 7) is -1.52. The van der Waals surface area contributed by atoms with Gasteiger partial charge in [0.15, 0.2) is 6.54 Å². The number of nitro groups is 1. The Hall–Kier alpha value is -3.00.